The lowest BCUT2D eigenvalue weighted by molar-refractivity contribution is 0.836. The second-order valence-electron chi connectivity index (χ2n) is 3.45. The Kier molecular flexibility index (Phi) is 3.91. The molecule has 0 spiro atoms. The first-order valence-electron chi connectivity index (χ1n) is 4.51. The van der Waals surface area contributed by atoms with Crippen LogP contribution in [-0.4, -0.2) is 0 Å². The van der Waals surface area contributed by atoms with Crippen LogP contribution in [0.3, 0.4) is 0 Å². The van der Waals surface area contributed by atoms with Crippen molar-refractivity contribution in [3.63, 3.8) is 0 Å². The van der Waals surface area contributed by atoms with Gasteiger partial charge >= 0.3 is 0 Å². The Labute approximate surface area is 93.2 Å². The Hall–Kier alpha value is -1.07. The summed E-state index contributed by atoms with van der Waals surface area (Å²) in [4.78, 5) is 0. The Morgan fingerprint density at radius 2 is 2.14 bits per heavy atom. The van der Waals surface area contributed by atoms with Crippen molar-refractivity contribution in [2.75, 3.05) is 0 Å². The van der Waals surface area contributed by atoms with Crippen LogP contribution in [0.2, 0.25) is 0 Å². The molecule has 0 aliphatic heterocycles. The van der Waals surface area contributed by atoms with Gasteiger partial charge in [0.05, 0.1) is 11.6 Å². The van der Waals surface area contributed by atoms with Gasteiger partial charge in [-0.25, -0.2) is 0 Å². The topological polar surface area (TPSA) is 23.8 Å². The molecule has 0 fully saturated rings. The Bertz CT molecular complexity index is 386. The van der Waals surface area contributed by atoms with Gasteiger partial charge in [-0.2, -0.15) is 5.26 Å². The van der Waals surface area contributed by atoms with E-state index in [1.807, 2.05) is 18.2 Å². The standard InChI is InChI=1S/C12H12BrN/c1-9(2)3-5-11-7-10(8-14)4-6-12(11)13/h3-7,9H,1-2H3. The van der Waals surface area contributed by atoms with Crippen LogP contribution in [0.15, 0.2) is 28.7 Å². The van der Waals surface area contributed by atoms with Crippen LogP contribution in [0, 0.1) is 17.2 Å². The van der Waals surface area contributed by atoms with Gasteiger partial charge in [0.25, 0.3) is 0 Å². The molecule has 1 aromatic carbocycles. The van der Waals surface area contributed by atoms with Crippen molar-refractivity contribution < 1.29 is 0 Å². The van der Waals surface area contributed by atoms with Gasteiger partial charge < -0.3 is 0 Å². The van der Waals surface area contributed by atoms with Crippen molar-refractivity contribution in [3.05, 3.63) is 39.9 Å². The third-order valence-electron chi connectivity index (χ3n) is 1.79. The highest BCUT2D eigenvalue weighted by Crippen LogP contribution is 2.20. The van der Waals surface area contributed by atoms with E-state index in [4.69, 9.17) is 5.26 Å². The maximum absolute atomic E-state index is 8.74. The van der Waals surface area contributed by atoms with Crippen LogP contribution in [0.25, 0.3) is 6.08 Å². The average molecular weight is 250 g/mol. The summed E-state index contributed by atoms with van der Waals surface area (Å²) in [5.74, 6) is 0.521. The number of rotatable bonds is 2. The highest BCUT2D eigenvalue weighted by molar-refractivity contribution is 9.10. The highest BCUT2D eigenvalue weighted by atomic mass is 79.9. The van der Waals surface area contributed by atoms with E-state index in [2.05, 4.69) is 41.9 Å². The zero-order valence-electron chi connectivity index (χ0n) is 8.29. The van der Waals surface area contributed by atoms with E-state index < -0.39 is 0 Å². The van der Waals surface area contributed by atoms with Crippen molar-refractivity contribution in [1.82, 2.24) is 0 Å². The fourth-order valence-corrected chi connectivity index (χ4v) is 1.42. The second kappa shape index (κ2) is 4.97. The van der Waals surface area contributed by atoms with Crippen LogP contribution >= 0.6 is 15.9 Å². The third-order valence-corrected chi connectivity index (χ3v) is 2.51. The highest BCUT2D eigenvalue weighted by Gasteiger charge is 1.98. The van der Waals surface area contributed by atoms with Gasteiger partial charge in [-0.3, -0.25) is 0 Å². The van der Waals surface area contributed by atoms with E-state index in [9.17, 15) is 0 Å². The van der Waals surface area contributed by atoms with Gasteiger partial charge in [0.1, 0.15) is 0 Å². The predicted octanol–water partition coefficient (Wildman–Crippen LogP) is 3.99. The number of hydrogen-bond donors (Lipinski definition) is 0. The van der Waals surface area contributed by atoms with Crippen LogP contribution in [0.4, 0.5) is 0 Å². The molecular weight excluding hydrogens is 238 g/mol. The summed E-state index contributed by atoms with van der Waals surface area (Å²) in [6.07, 6.45) is 4.15. The largest absolute Gasteiger partial charge is 0.192 e. The van der Waals surface area contributed by atoms with E-state index in [0.717, 1.165) is 10.0 Å². The van der Waals surface area contributed by atoms with Gasteiger partial charge in [0, 0.05) is 4.47 Å². The Morgan fingerprint density at radius 3 is 2.71 bits per heavy atom. The molecule has 14 heavy (non-hydrogen) atoms. The predicted molar refractivity (Wildman–Crippen MR) is 62.7 cm³/mol. The SMILES string of the molecule is CC(C)C=Cc1cc(C#N)ccc1Br. The normalized spacial score (nSPS) is 10.8. The van der Waals surface area contributed by atoms with Crippen molar-refractivity contribution in [2.24, 2.45) is 5.92 Å². The number of nitriles is 1. The van der Waals surface area contributed by atoms with Crippen LogP contribution in [0.1, 0.15) is 25.0 Å². The maximum atomic E-state index is 8.74. The molecule has 0 aliphatic carbocycles. The van der Waals surface area contributed by atoms with E-state index in [-0.39, 0.29) is 0 Å². The molecule has 1 rings (SSSR count). The molecule has 0 unspecified atom stereocenters. The fourth-order valence-electron chi connectivity index (χ4n) is 1.04. The van der Waals surface area contributed by atoms with Crippen molar-refractivity contribution in [3.8, 4) is 6.07 Å². The number of nitrogens with zero attached hydrogens (tertiary/aromatic N) is 1. The zero-order valence-corrected chi connectivity index (χ0v) is 9.88. The Morgan fingerprint density at radius 1 is 1.43 bits per heavy atom. The fraction of sp³-hybridized carbons (Fsp3) is 0.250. The minimum absolute atomic E-state index is 0.521. The van der Waals surface area contributed by atoms with Crippen LogP contribution in [0.5, 0.6) is 0 Å². The smallest absolute Gasteiger partial charge is 0.0991 e. The molecule has 1 nitrogen and oxygen atoms in total. The second-order valence-corrected chi connectivity index (χ2v) is 4.31. The third kappa shape index (κ3) is 3.01. The molecule has 0 aliphatic rings. The minimum atomic E-state index is 0.521. The molecule has 0 atom stereocenters. The molecule has 0 N–H and O–H groups in total. The van der Waals surface area contributed by atoms with E-state index >= 15 is 0 Å². The van der Waals surface area contributed by atoms with Crippen LogP contribution in [-0.2, 0) is 0 Å². The quantitative estimate of drug-likeness (QED) is 0.778. The molecule has 0 amide bonds. The molecule has 0 heterocycles. The minimum Gasteiger partial charge on any atom is -0.192 e. The molecule has 0 saturated heterocycles. The van der Waals surface area contributed by atoms with Gasteiger partial charge in [0.2, 0.25) is 0 Å². The lowest BCUT2D eigenvalue weighted by Gasteiger charge is -2.00. The first-order valence-corrected chi connectivity index (χ1v) is 5.30. The first kappa shape index (κ1) is 11.0. The van der Waals surface area contributed by atoms with Gasteiger partial charge in [0.15, 0.2) is 0 Å². The summed E-state index contributed by atoms with van der Waals surface area (Å²) in [5.41, 5.74) is 1.74. The van der Waals surface area contributed by atoms with Crippen molar-refractivity contribution in [2.45, 2.75) is 13.8 Å². The molecule has 1 aromatic rings. The molecule has 2 heteroatoms. The summed E-state index contributed by atoms with van der Waals surface area (Å²) in [6, 6.07) is 7.71. The van der Waals surface area contributed by atoms with Gasteiger partial charge in [-0.05, 0) is 29.7 Å². The number of halogens is 1. The van der Waals surface area contributed by atoms with Gasteiger partial charge in [-0.1, -0.05) is 41.9 Å². The van der Waals surface area contributed by atoms with Crippen molar-refractivity contribution >= 4 is 22.0 Å². The molecular formula is C12H12BrN. The lowest BCUT2D eigenvalue weighted by Crippen LogP contribution is -1.82. The lowest BCUT2D eigenvalue weighted by atomic mass is 10.1. The molecule has 0 radical (unpaired) electrons. The molecule has 0 bridgehead atoms. The van der Waals surface area contributed by atoms with Crippen molar-refractivity contribution in [1.29, 1.82) is 5.26 Å². The van der Waals surface area contributed by atoms with E-state index in [1.165, 1.54) is 0 Å². The summed E-state index contributed by atoms with van der Waals surface area (Å²) in [6.45, 7) is 4.25. The molecule has 0 aromatic heterocycles. The van der Waals surface area contributed by atoms with E-state index in [0.29, 0.717) is 11.5 Å². The maximum Gasteiger partial charge on any atom is 0.0991 e. The zero-order chi connectivity index (χ0) is 10.6. The summed E-state index contributed by atoms with van der Waals surface area (Å²) < 4.78 is 1.02. The number of benzene rings is 1. The average Bonchev–Trinajstić information content (AvgIpc) is 2.16. The summed E-state index contributed by atoms with van der Waals surface area (Å²) in [7, 11) is 0. The molecule has 72 valence electrons. The summed E-state index contributed by atoms with van der Waals surface area (Å²) >= 11 is 3.45. The van der Waals surface area contributed by atoms with E-state index in [1.54, 1.807) is 6.07 Å². The number of allylic oxidation sites excluding steroid dienone is 1. The first-order chi connectivity index (χ1) is 6.63. The molecule has 0 saturated carbocycles. The van der Waals surface area contributed by atoms with Gasteiger partial charge in [-0.15, -0.1) is 0 Å². The number of hydrogen-bond acceptors (Lipinski definition) is 1. The summed E-state index contributed by atoms with van der Waals surface area (Å²) in [5, 5.41) is 8.74. The monoisotopic (exact) mass is 249 g/mol. The van der Waals surface area contributed by atoms with Crippen LogP contribution < -0.4 is 0 Å². The Balaban J connectivity index is 3.02.